The van der Waals surface area contributed by atoms with Gasteiger partial charge in [0.1, 0.15) is 5.82 Å². The molecule has 0 atom stereocenters. The Hall–Kier alpha value is -0.900. The minimum atomic E-state index is -0.0404. The average Bonchev–Trinajstić information content (AvgIpc) is 2.66. The highest BCUT2D eigenvalue weighted by atomic mass is 15.2. The summed E-state index contributed by atoms with van der Waals surface area (Å²) in [6.45, 7) is 2.14. The maximum atomic E-state index is 6.39. The molecule has 0 radical (unpaired) electrons. The number of hydrogen-bond acceptors (Lipinski definition) is 3. The van der Waals surface area contributed by atoms with Crippen molar-refractivity contribution < 1.29 is 0 Å². The quantitative estimate of drug-likeness (QED) is 0.818. The second-order valence-corrected chi connectivity index (χ2v) is 5.05. The number of aromatic nitrogens is 3. The van der Waals surface area contributed by atoms with Gasteiger partial charge in [-0.15, -0.1) is 0 Å². The molecule has 1 aromatic heterocycles. The fourth-order valence-corrected chi connectivity index (χ4v) is 2.52. The molecule has 0 amide bonds. The monoisotopic (exact) mass is 222 g/mol. The molecule has 4 heteroatoms. The van der Waals surface area contributed by atoms with Crippen LogP contribution in [-0.4, -0.2) is 20.7 Å². The van der Waals surface area contributed by atoms with Gasteiger partial charge < -0.3 is 5.73 Å². The third-order valence-electron chi connectivity index (χ3n) is 3.42. The van der Waals surface area contributed by atoms with Crippen LogP contribution in [0.2, 0.25) is 0 Å². The molecule has 0 aliphatic heterocycles. The molecule has 0 unspecified atom stereocenters. The van der Waals surface area contributed by atoms with E-state index in [0.717, 1.165) is 43.8 Å². The first-order valence-electron chi connectivity index (χ1n) is 6.41. The number of nitrogens with one attached hydrogen (secondary N) is 1. The van der Waals surface area contributed by atoms with E-state index < -0.39 is 0 Å². The van der Waals surface area contributed by atoms with E-state index in [2.05, 4.69) is 22.1 Å². The van der Waals surface area contributed by atoms with Gasteiger partial charge in [0, 0.05) is 18.4 Å². The van der Waals surface area contributed by atoms with Crippen molar-refractivity contribution in [2.24, 2.45) is 5.73 Å². The predicted octanol–water partition coefficient (Wildman–Crippen LogP) is 1.96. The summed E-state index contributed by atoms with van der Waals surface area (Å²) in [7, 11) is 0. The lowest BCUT2D eigenvalue weighted by Crippen LogP contribution is -2.44. The summed E-state index contributed by atoms with van der Waals surface area (Å²) in [4.78, 5) is 4.49. The van der Waals surface area contributed by atoms with Crippen LogP contribution < -0.4 is 5.73 Å². The summed E-state index contributed by atoms with van der Waals surface area (Å²) in [6.07, 6.45) is 8.98. The molecule has 1 saturated carbocycles. The van der Waals surface area contributed by atoms with E-state index in [0.29, 0.717) is 0 Å². The molecule has 1 aliphatic carbocycles. The first kappa shape index (κ1) is 11.6. The molecule has 4 nitrogen and oxygen atoms in total. The van der Waals surface area contributed by atoms with E-state index in [4.69, 9.17) is 5.73 Å². The summed E-state index contributed by atoms with van der Waals surface area (Å²) in [5, 5.41) is 7.23. The van der Waals surface area contributed by atoms with E-state index in [-0.39, 0.29) is 5.54 Å². The molecule has 1 fully saturated rings. The lowest BCUT2D eigenvalue weighted by Gasteiger charge is -2.32. The van der Waals surface area contributed by atoms with Gasteiger partial charge in [-0.2, -0.15) is 5.10 Å². The van der Waals surface area contributed by atoms with Crippen LogP contribution in [0, 0.1) is 0 Å². The van der Waals surface area contributed by atoms with Crippen molar-refractivity contribution in [2.45, 2.75) is 63.8 Å². The first-order valence-corrected chi connectivity index (χ1v) is 6.41. The van der Waals surface area contributed by atoms with Crippen LogP contribution in [-0.2, 0) is 12.8 Å². The third kappa shape index (κ3) is 2.82. The SMILES string of the molecule is CCCc1n[nH]c(CC2(N)CCCCC2)n1. The molecule has 1 aromatic rings. The number of rotatable bonds is 4. The van der Waals surface area contributed by atoms with Crippen molar-refractivity contribution in [3.05, 3.63) is 11.6 Å². The molecule has 0 saturated heterocycles. The lowest BCUT2D eigenvalue weighted by molar-refractivity contribution is 0.290. The molecule has 1 aliphatic rings. The standard InChI is InChI=1S/C12H22N4/c1-2-6-10-14-11(16-15-10)9-12(13)7-4-3-5-8-12/h2-9,13H2,1H3,(H,14,15,16). The van der Waals surface area contributed by atoms with Crippen LogP contribution in [0.5, 0.6) is 0 Å². The fourth-order valence-electron chi connectivity index (χ4n) is 2.52. The van der Waals surface area contributed by atoms with Gasteiger partial charge in [0.2, 0.25) is 0 Å². The van der Waals surface area contributed by atoms with E-state index in [9.17, 15) is 0 Å². The van der Waals surface area contributed by atoms with E-state index >= 15 is 0 Å². The average molecular weight is 222 g/mol. The maximum Gasteiger partial charge on any atom is 0.150 e. The molecule has 0 aromatic carbocycles. The minimum absolute atomic E-state index is 0.0404. The second kappa shape index (κ2) is 4.95. The van der Waals surface area contributed by atoms with Crippen molar-refractivity contribution in [2.75, 3.05) is 0 Å². The zero-order valence-electron chi connectivity index (χ0n) is 10.1. The molecular formula is C12H22N4. The Bertz CT molecular complexity index is 326. The van der Waals surface area contributed by atoms with Gasteiger partial charge in [0.05, 0.1) is 0 Å². The Kier molecular flexibility index (Phi) is 3.59. The zero-order valence-corrected chi connectivity index (χ0v) is 10.1. The summed E-state index contributed by atoms with van der Waals surface area (Å²) >= 11 is 0. The van der Waals surface area contributed by atoms with Crippen LogP contribution in [0.1, 0.15) is 57.1 Å². The summed E-state index contributed by atoms with van der Waals surface area (Å²) in [5.41, 5.74) is 6.35. The molecule has 16 heavy (non-hydrogen) atoms. The van der Waals surface area contributed by atoms with Crippen LogP contribution in [0.25, 0.3) is 0 Å². The predicted molar refractivity (Wildman–Crippen MR) is 64.1 cm³/mol. The van der Waals surface area contributed by atoms with Gasteiger partial charge in [-0.25, -0.2) is 4.98 Å². The smallest absolute Gasteiger partial charge is 0.150 e. The van der Waals surface area contributed by atoms with Crippen LogP contribution in [0.15, 0.2) is 0 Å². The van der Waals surface area contributed by atoms with Gasteiger partial charge in [-0.05, 0) is 19.3 Å². The number of nitrogens with zero attached hydrogens (tertiary/aromatic N) is 2. The van der Waals surface area contributed by atoms with E-state index in [1.807, 2.05) is 0 Å². The van der Waals surface area contributed by atoms with Crippen LogP contribution in [0.3, 0.4) is 0 Å². The highest BCUT2D eigenvalue weighted by Gasteiger charge is 2.28. The molecule has 90 valence electrons. The van der Waals surface area contributed by atoms with Gasteiger partial charge in [0.15, 0.2) is 5.82 Å². The van der Waals surface area contributed by atoms with Gasteiger partial charge in [0.25, 0.3) is 0 Å². The van der Waals surface area contributed by atoms with Crippen molar-refractivity contribution >= 4 is 0 Å². The number of hydrogen-bond donors (Lipinski definition) is 2. The lowest BCUT2D eigenvalue weighted by atomic mass is 9.80. The first-order chi connectivity index (χ1) is 7.72. The summed E-state index contributed by atoms with van der Waals surface area (Å²) < 4.78 is 0. The largest absolute Gasteiger partial charge is 0.325 e. The van der Waals surface area contributed by atoms with E-state index in [1.54, 1.807) is 0 Å². The molecule has 0 bridgehead atoms. The molecule has 3 N–H and O–H groups in total. The summed E-state index contributed by atoms with van der Waals surface area (Å²) in [6, 6.07) is 0. The number of aryl methyl sites for hydroxylation is 1. The van der Waals surface area contributed by atoms with Gasteiger partial charge in [-0.3, -0.25) is 5.10 Å². The van der Waals surface area contributed by atoms with Crippen LogP contribution >= 0.6 is 0 Å². The van der Waals surface area contributed by atoms with Crippen molar-refractivity contribution in [1.29, 1.82) is 0 Å². The highest BCUT2D eigenvalue weighted by Crippen LogP contribution is 2.28. The van der Waals surface area contributed by atoms with Crippen molar-refractivity contribution in [3.8, 4) is 0 Å². The Morgan fingerprint density at radius 3 is 2.75 bits per heavy atom. The summed E-state index contributed by atoms with van der Waals surface area (Å²) in [5.74, 6) is 1.89. The van der Waals surface area contributed by atoms with Gasteiger partial charge >= 0.3 is 0 Å². The number of nitrogens with two attached hydrogens (primary N) is 1. The number of aromatic amines is 1. The topological polar surface area (TPSA) is 67.6 Å². The van der Waals surface area contributed by atoms with Gasteiger partial charge in [-0.1, -0.05) is 26.2 Å². The van der Waals surface area contributed by atoms with E-state index in [1.165, 1.54) is 19.3 Å². The second-order valence-electron chi connectivity index (χ2n) is 5.05. The normalized spacial score (nSPS) is 19.9. The molecule has 0 spiro atoms. The Labute approximate surface area is 97.0 Å². The molecular weight excluding hydrogens is 200 g/mol. The van der Waals surface area contributed by atoms with Crippen molar-refractivity contribution in [3.63, 3.8) is 0 Å². The Morgan fingerprint density at radius 1 is 1.31 bits per heavy atom. The molecule has 1 heterocycles. The highest BCUT2D eigenvalue weighted by molar-refractivity contribution is 5.00. The zero-order chi connectivity index (χ0) is 11.4. The Balaban J connectivity index is 1.96. The maximum absolute atomic E-state index is 6.39. The number of H-pyrrole nitrogens is 1. The van der Waals surface area contributed by atoms with Crippen LogP contribution in [0.4, 0.5) is 0 Å². The van der Waals surface area contributed by atoms with Crippen molar-refractivity contribution in [1.82, 2.24) is 15.2 Å². The molecule has 2 rings (SSSR count). The third-order valence-corrected chi connectivity index (χ3v) is 3.42. The minimum Gasteiger partial charge on any atom is -0.325 e. The Morgan fingerprint density at radius 2 is 2.06 bits per heavy atom. The fraction of sp³-hybridized carbons (Fsp3) is 0.833.